The van der Waals surface area contributed by atoms with Gasteiger partial charge in [-0.25, -0.2) is 19.9 Å². The van der Waals surface area contributed by atoms with Gasteiger partial charge in [0.15, 0.2) is 0 Å². The first-order valence-electron chi connectivity index (χ1n) is 8.72. The van der Waals surface area contributed by atoms with E-state index in [1.807, 2.05) is 17.9 Å². The van der Waals surface area contributed by atoms with Crippen LogP contribution in [0.2, 0.25) is 0 Å². The lowest BCUT2D eigenvalue weighted by Gasteiger charge is -2.25. The van der Waals surface area contributed by atoms with Crippen molar-refractivity contribution in [3.05, 3.63) is 36.0 Å². The third-order valence-electron chi connectivity index (χ3n) is 4.16. The second kappa shape index (κ2) is 7.55. The van der Waals surface area contributed by atoms with Gasteiger partial charge < -0.3 is 10.2 Å². The zero-order valence-electron chi connectivity index (χ0n) is 14.9. The minimum Gasteiger partial charge on any atom is -0.334 e. The molecule has 1 fully saturated rings. The summed E-state index contributed by atoms with van der Waals surface area (Å²) >= 11 is 0. The molecule has 3 rings (SSSR count). The summed E-state index contributed by atoms with van der Waals surface area (Å²) < 4.78 is 0. The Morgan fingerprint density at radius 3 is 2.80 bits per heavy atom. The van der Waals surface area contributed by atoms with Gasteiger partial charge in [-0.2, -0.15) is 0 Å². The average Bonchev–Trinajstić information content (AvgIpc) is 3.04. The molecule has 0 radical (unpaired) electrons. The fourth-order valence-electron chi connectivity index (χ4n) is 3.14. The Labute approximate surface area is 147 Å². The van der Waals surface area contributed by atoms with Crippen LogP contribution >= 0.6 is 0 Å². The fraction of sp³-hybridized carbons (Fsp3) is 0.500. The maximum absolute atomic E-state index is 12.5. The van der Waals surface area contributed by atoms with Crippen LogP contribution in [-0.2, 0) is 4.79 Å². The molecule has 3 heterocycles. The van der Waals surface area contributed by atoms with Crippen LogP contribution in [-0.4, -0.2) is 37.3 Å². The second-order valence-electron chi connectivity index (χ2n) is 6.77. The molecule has 0 aromatic carbocycles. The number of carbonyl (C=O) groups is 1. The lowest BCUT2D eigenvalue weighted by Crippen LogP contribution is -2.31. The molecule has 7 nitrogen and oxygen atoms in total. The van der Waals surface area contributed by atoms with E-state index in [2.05, 4.69) is 39.1 Å². The van der Waals surface area contributed by atoms with Crippen molar-refractivity contribution in [2.75, 3.05) is 11.9 Å². The quantitative estimate of drug-likeness (QED) is 0.900. The Hall–Kier alpha value is -2.57. The molecule has 7 heteroatoms. The van der Waals surface area contributed by atoms with E-state index in [0.717, 1.165) is 25.1 Å². The van der Waals surface area contributed by atoms with Gasteiger partial charge in [-0.15, -0.1) is 0 Å². The number of carbonyl (C=O) groups excluding carboxylic acids is 1. The van der Waals surface area contributed by atoms with Crippen LogP contribution in [0, 0.1) is 12.8 Å². The highest BCUT2D eigenvalue weighted by atomic mass is 16.2. The molecule has 132 valence electrons. The van der Waals surface area contributed by atoms with Crippen molar-refractivity contribution in [2.24, 2.45) is 5.92 Å². The maximum Gasteiger partial charge on any atom is 0.228 e. The molecule has 2 aromatic rings. The Kier molecular flexibility index (Phi) is 5.21. The third-order valence-corrected chi connectivity index (χ3v) is 4.16. The Morgan fingerprint density at radius 1 is 1.32 bits per heavy atom. The maximum atomic E-state index is 12.5. The van der Waals surface area contributed by atoms with Gasteiger partial charge in [-0.1, -0.05) is 13.8 Å². The molecule has 2 aromatic heterocycles. The zero-order chi connectivity index (χ0) is 17.8. The molecule has 1 aliphatic heterocycles. The molecule has 1 unspecified atom stereocenters. The molecule has 0 bridgehead atoms. The highest BCUT2D eigenvalue weighted by Gasteiger charge is 2.31. The number of aryl methyl sites for hydroxylation is 1. The first-order valence-corrected chi connectivity index (χ1v) is 8.72. The number of hydrogen-bond donors (Lipinski definition) is 1. The molecule has 1 N–H and O–H groups in total. The Balaban J connectivity index is 1.82. The van der Waals surface area contributed by atoms with Gasteiger partial charge in [0.25, 0.3) is 0 Å². The molecule has 1 aliphatic rings. The van der Waals surface area contributed by atoms with Crippen molar-refractivity contribution >= 4 is 17.7 Å². The number of hydrogen-bond acceptors (Lipinski definition) is 6. The fourth-order valence-corrected chi connectivity index (χ4v) is 3.14. The predicted octanol–water partition coefficient (Wildman–Crippen LogP) is 3.03. The topological polar surface area (TPSA) is 83.9 Å². The molecule has 0 saturated carbocycles. The van der Waals surface area contributed by atoms with Crippen LogP contribution in [0.25, 0.3) is 0 Å². The van der Waals surface area contributed by atoms with Gasteiger partial charge in [0, 0.05) is 31.4 Å². The van der Waals surface area contributed by atoms with Gasteiger partial charge >= 0.3 is 0 Å². The summed E-state index contributed by atoms with van der Waals surface area (Å²) in [6.45, 7) is 6.79. The van der Waals surface area contributed by atoms with Gasteiger partial charge in [-0.05, 0) is 31.7 Å². The normalized spacial score (nSPS) is 17.1. The highest BCUT2D eigenvalue weighted by molar-refractivity contribution is 5.77. The van der Waals surface area contributed by atoms with Crippen LogP contribution < -0.4 is 5.32 Å². The van der Waals surface area contributed by atoms with Crippen molar-refractivity contribution in [1.29, 1.82) is 0 Å². The van der Waals surface area contributed by atoms with Gasteiger partial charge in [0.1, 0.15) is 11.6 Å². The van der Waals surface area contributed by atoms with Crippen LogP contribution in [0.5, 0.6) is 0 Å². The first-order chi connectivity index (χ1) is 12.0. The first kappa shape index (κ1) is 17.3. The molecular formula is C18H24N6O. The lowest BCUT2D eigenvalue weighted by atomic mass is 10.1. The van der Waals surface area contributed by atoms with Crippen LogP contribution in [0.4, 0.5) is 11.8 Å². The number of rotatable bonds is 5. The second-order valence-corrected chi connectivity index (χ2v) is 6.77. The Bertz CT molecular complexity index is 734. The third kappa shape index (κ3) is 4.29. The van der Waals surface area contributed by atoms with E-state index in [1.165, 1.54) is 0 Å². The van der Waals surface area contributed by atoms with Crippen molar-refractivity contribution in [3.63, 3.8) is 0 Å². The van der Waals surface area contributed by atoms with E-state index >= 15 is 0 Å². The van der Waals surface area contributed by atoms with E-state index in [-0.39, 0.29) is 11.9 Å². The smallest absolute Gasteiger partial charge is 0.228 e. The molecular weight excluding hydrogens is 316 g/mol. The number of anilines is 2. The largest absolute Gasteiger partial charge is 0.334 e. The molecule has 1 amide bonds. The molecule has 0 spiro atoms. The number of nitrogens with one attached hydrogen (secondary N) is 1. The summed E-state index contributed by atoms with van der Waals surface area (Å²) in [5.41, 5.74) is 0.875. The summed E-state index contributed by atoms with van der Waals surface area (Å²) in [6, 6.07) is 3.68. The van der Waals surface area contributed by atoms with Crippen LogP contribution in [0.15, 0.2) is 24.5 Å². The van der Waals surface area contributed by atoms with Crippen LogP contribution in [0.3, 0.4) is 0 Å². The molecule has 25 heavy (non-hydrogen) atoms. The summed E-state index contributed by atoms with van der Waals surface area (Å²) in [5.74, 6) is 2.37. The minimum atomic E-state index is 0.0187. The van der Waals surface area contributed by atoms with E-state index in [4.69, 9.17) is 0 Å². The van der Waals surface area contributed by atoms with Gasteiger partial charge in [0.2, 0.25) is 11.9 Å². The number of aromatic nitrogens is 4. The molecule has 1 atom stereocenters. The summed E-state index contributed by atoms with van der Waals surface area (Å²) in [6.07, 6.45) is 5.86. The van der Waals surface area contributed by atoms with Crippen molar-refractivity contribution < 1.29 is 4.79 Å². The number of nitrogens with zero attached hydrogens (tertiary/aromatic N) is 5. The van der Waals surface area contributed by atoms with E-state index in [9.17, 15) is 4.79 Å². The summed E-state index contributed by atoms with van der Waals surface area (Å²) in [5, 5.41) is 3.11. The average molecular weight is 340 g/mol. The number of likely N-dealkylation sites (tertiary alicyclic amines) is 1. The SMILES string of the molecule is Cc1nc(Nc2ncccn2)cc(C2CCCN2C(=O)CC(C)C)n1. The number of amides is 1. The lowest BCUT2D eigenvalue weighted by molar-refractivity contribution is -0.133. The predicted molar refractivity (Wildman–Crippen MR) is 95.2 cm³/mol. The van der Waals surface area contributed by atoms with Crippen molar-refractivity contribution in [2.45, 2.75) is 46.1 Å². The Morgan fingerprint density at radius 2 is 2.08 bits per heavy atom. The monoisotopic (exact) mass is 340 g/mol. The summed E-state index contributed by atoms with van der Waals surface area (Å²) in [4.78, 5) is 31.8. The van der Waals surface area contributed by atoms with Crippen molar-refractivity contribution in [3.8, 4) is 0 Å². The van der Waals surface area contributed by atoms with Gasteiger partial charge in [-0.3, -0.25) is 4.79 Å². The molecule has 1 saturated heterocycles. The highest BCUT2D eigenvalue weighted by Crippen LogP contribution is 2.32. The zero-order valence-corrected chi connectivity index (χ0v) is 14.9. The standard InChI is InChI=1S/C18H24N6O/c1-12(2)10-17(25)24-9-4-6-15(24)14-11-16(22-13(3)21-14)23-18-19-7-5-8-20-18/h5,7-8,11-12,15H,4,6,9-10H2,1-3H3,(H,19,20,21,22,23). The summed E-state index contributed by atoms with van der Waals surface area (Å²) in [7, 11) is 0. The van der Waals surface area contributed by atoms with E-state index in [1.54, 1.807) is 18.5 Å². The van der Waals surface area contributed by atoms with E-state index in [0.29, 0.717) is 29.9 Å². The minimum absolute atomic E-state index is 0.0187. The van der Waals surface area contributed by atoms with Crippen LogP contribution in [0.1, 0.15) is 50.7 Å². The van der Waals surface area contributed by atoms with Gasteiger partial charge in [0.05, 0.1) is 11.7 Å². The van der Waals surface area contributed by atoms with E-state index < -0.39 is 0 Å². The van der Waals surface area contributed by atoms with Crippen molar-refractivity contribution in [1.82, 2.24) is 24.8 Å². The molecule has 0 aliphatic carbocycles.